The first-order valence-electron chi connectivity index (χ1n) is 5.60. The summed E-state index contributed by atoms with van der Waals surface area (Å²) in [6.07, 6.45) is 5.93. The van der Waals surface area contributed by atoms with Crippen molar-refractivity contribution < 1.29 is 9.90 Å². The Morgan fingerprint density at radius 2 is 1.86 bits per heavy atom. The largest absolute Gasteiger partial charge is 0.481 e. The molecular weight excluding hydrogens is 178 g/mol. The minimum atomic E-state index is -0.577. The second-order valence-electron chi connectivity index (χ2n) is 5.58. The van der Waals surface area contributed by atoms with Crippen LogP contribution in [0.3, 0.4) is 0 Å². The van der Waals surface area contributed by atoms with Gasteiger partial charge in [0.25, 0.3) is 0 Å². The number of nitrogens with zero attached hydrogens (tertiary/aromatic N) is 1. The maximum Gasteiger partial charge on any atom is 0.310 e. The van der Waals surface area contributed by atoms with Gasteiger partial charge in [-0.05, 0) is 31.1 Å². The van der Waals surface area contributed by atoms with Crippen LogP contribution in [0.5, 0.6) is 0 Å². The van der Waals surface area contributed by atoms with Gasteiger partial charge in [-0.15, -0.1) is 0 Å². The van der Waals surface area contributed by atoms with E-state index in [1.807, 2.05) is 0 Å². The topological polar surface area (TPSA) is 40.5 Å². The highest BCUT2D eigenvalue weighted by Gasteiger charge is 2.55. The first kappa shape index (κ1) is 8.72. The standard InChI is InChI=1S/C11H17NO2/c13-9(14)11(4-5-11)8-12-6-10(7-12)2-1-3-10/h1-8H2,(H,13,14). The van der Waals surface area contributed by atoms with Gasteiger partial charge in [0.05, 0.1) is 5.41 Å². The van der Waals surface area contributed by atoms with E-state index in [1.54, 1.807) is 0 Å². The summed E-state index contributed by atoms with van der Waals surface area (Å²) < 4.78 is 0. The number of aliphatic carboxylic acids is 1. The highest BCUT2D eigenvalue weighted by Crippen LogP contribution is 2.52. The average molecular weight is 195 g/mol. The summed E-state index contributed by atoms with van der Waals surface area (Å²) in [6.45, 7) is 3.15. The average Bonchev–Trinajstić information content (AvgIpc) is 2.72. The number of hydrogen-bond acceptors (Lipinski definition) is 2. The molecule has 2 aliphatic carbocycles. The third-order valence-electron chi connectivity index (χ3n) is 4.37. The third-order valence-corrected chi connectivity index (χ3v) is 4.37. The Kier molecular flexibility index (Phi) is 1.56. The highest BCUT2D eigenvalue weighted by molar-refractivity contribution is 5.78. The monoisotopic (exact) mass is 195 g/mol. The van der Waals surface area contributed by atoms with E-state index in [4.69, 9.17) is 5.11 Å². The van der Waals surface area contributed by atoms with E-state index in [1.165, 1.54) is 32.4 Å². The molecule has 1 N–H and O–H groups in total. The normalized spacial score (nSPS) is 32.0. The van der Waals surface area contributed by atoms with Gasteiger partial charge >= 0.3 is 5.97 Å². The molecule has 0 atom stereocenters. The number of carboxylic acids is 1. The van der Waals surface area contributed by atoms with E-state index >= 15 is 0 Å². The van der Waals surface area contributed by atoms with Crippen molar-refractivity contribution in [3.63, 3.8) is 0 Å². The molecule has 0 aromatic carbocycles. The maximum absolute atomic E-state index is 11.0. The lowest BCUT2D eigenvalue weighted by Gasteiger charge is -2.56. The molecule has 0 radical (unpaired) electrons. The van der Waals surface area contributed by atoms with Gasteiger partial charge in [-0.2, -0.15) is 0 Å². The molecule has 0 amide bonds. The van der Waals surface area contributed by atoms with Gasteiger partial charge in [0.1, 0.15) is 0 Å². The summed E-state index contributed by atoms with van der Waals surface area (Å²) in [7, 11) is 0. The fraction of sp³-hybridized carbons (Fsp3) is 0.909. The second kappa shape index (κ2) is 2.51. The smallest absolute Gasteiger partial charge is 0.310 e. The van der Waals surface area contributed by atoms with Gasteiger partial charge in [-0.3, -0.25) is 4.79 Å². The Balaban J connectivity index is 1.53. The third kappa shape index (κ3) is 1.11. The SMILES string of the molecule is O=C(O)C1(CN2CC3(CCC3)C2)CC1. The molecule has 1 spiro atoms. The molecule has 3 nitrogen and oxygen atoms in total. The van der Waals surface area contributed by atoms with Crippen LogP contribution < -0.4 is 0 Å². The predicted molar refractivity (Wildman–Crippen MR) is 52.0 cm³/mol. The van der Waals surface area contributed by atoms with Crippen LogP contribution in [-0.4, -0.2) is 35.6 Å². The molecular formula is C11H17NO2. The number of carboxylic acid groups (broad SMARTS) is 1. The summed E-state index contributed by atoms with van der Waals surface area (Å²) in [5.41, 5.74) is 0.292. The summed E-state index contributed by atoms with van der Waals surface area (Å²) >= 11 is 0. The van der Waals surface area contributed by atoms with Gasteiger partial charge in [0.15, 0.2) is 0 Å². The Hall–Kier alpha value is -0.570. The molecule has 14 heavy (non-hydrogen) atoms. The Bertz CT molecular complexity index is 271. The van der Waals surface area contributed by atoms with Crippen molar-refractivity contribution >= 4 is 5.97 Å². The van der Waals surface area contributed by atoms with Gasteiger partial charge in [-0.1, -0.05) is 6.42 Å². The van der Waals surface area contributed by atoms with Crippen molar-refractivity contribution in [3.8, 4) is 0 Å². The minimum Gasteiger partial charge on any atom is -0.481 e. The van der Waals surface area contributed by atoms with E-state index in [0.717, 1.165) is 19.4 Å². The zero-order chi connectivity index (χ0) is 9.81. The molecule has 2 saturated carbocycles. The van der Waals surface area contributed by atoms with E-state index in [2.05, 4.69) is 4.90 Å². The molecule has 0 aromatic heterocycles. The van der Waals surface area contributed by atoms with Crippen LogP contribution in [0.1, 0.15) is 32.1 Å². The van der Waals surface area contributed by atoms with Crippen molar-refractivity contribution in [1.29, 1.82) is 0 Å². The van der Waals surface area contributed by atoms with Crippen molar-refractivity contribution in [1.82, 2.24) is 4.90 Å². The molecule has 0 bridgehead atoms. The molecule has 78 valence electrons. The quantitative estimate of drug-likeness (QED) is 0.738. The van der Waals surface area contributed by atoms with Gasteiger partial charge in [-0.25, -0.2) is 0 Å². The van der Waals surface area contributed by atoms with Crippen LogP contribution in [0, 0.1) is 10.8 Å². The number of likely N-dealkylation sites (tertiary alicyclic amines) is 1. The molecule has 3 heteroatoms. The van der Waals surface area contributed by atoms with Gasteiger partial charge in [0, 0.05) is 19.6 Å². The lowest BCUT2D eigenvalue weighted by molar-refractivity contribution is -0.147. The van der Waals surface area contributed by atoms with E-state index in [9.17, 15) is 4.79 Å². The molecule has 0 aromatic rings. The van der Waals surface area contributed by atoms with Gasteiger partial charge in [0.2, 0.25) is 0 Å². The predicted octanol–water partition coefficient (Wildman–Crippen LogP) is 1.34. The van der Waals surface area contributed by atoms with Crippen LogP contribution in [-0.2, 0) is 4.79 Å². The Labute approximate surface area is 84.1 Å². The fourth-order valence-electron chi connectivity index (χ4n) is 3.03. The zero-order valence-corrected chi connectivity index (χ0v) is 8.46. The zero-order valence-electron chi connectivity index (χ0n) is 8.46. The van der Waals surface area contributed by atoms with E-state index < -0.39 is 5.97 Å². The van der Waals surface area contributed by atoms with Crippen LogP contribution >= 0.6 is 0 Å². The molecule has 0 unspecified atom stereocenters. The first-order chi connectivity index (χ1) is 6.64. The summed E-state index contributed by atoms with van der Waals surface area (Å²) in [5.74, 6) is -0.577. The van der Waals surface area contributed by atoms with E-state index in [0.29, 0.717) is 5.41 Å². The maximum atomic E-state index is 11.0. The number of rotatable bonds is 3. The minimum absolute atomic E-state index is 0.342. The molecule has 1 saturated heterocycles. The van der Waals surface area contributed by atoms with Gasteiger partial charge < -0.3 is 10.0 Å². The van der Waals surface area contributed by atoms with Crippen molar-refractivity contribution in [2.75, 3.05) is 19.6 Å². The summed E-state index contributed by atoms with van der Waals surface area (Å²) in [4.78, 5) is 13.3. The van der Waals surface area contributed by atoms with Crippen molar-refractivity contribution in [3.05, 3.63) is 0 Å². The van der Waals surface area contributed by atoms with Crippen molar-refractivity contribution in [2.24, 2.45) is 10.8 Å². The van der Waals surface area contributed by atoms with Crippen LogP contribution in [0.15, 0.2) is 0 Å². The Morgan fingerprint density at radius 3 is 2.21 bits per heavy atom. The molecule has 1 heterocycles. The molecule has 3 fully saturated rings. The fourth-order valence-corrected chi connectivity index (χ4v) is 3.03. The van der Waals surface area contributed by atoms with Crippen LogP contribution in [0.4, 0.5) is 0 Å². The first-order valence-corrected chi connectivity index (χ1v) is 5.60. The lowest BCUT2D eigenvalue weighted by atomic mass is 9.63. The summed E-state index contributed by atoms with van der Waals surface area (Å²) in [6, 6.07) is 0. The van der Waals surface area contributed by atoms with Crippen molar-refractivity contribution in [2.45, 2.75) is 32.1 Å². The molecule has 3 aliphatic rings. The Morgan fingerprint density at radius 1 is 1.21 bits per heavy atom. The lowest BCUT2D eigenvalue weighted by Crippen LogP contribution is -2.61. The van der Waals surface area contributed by atoms with E-state index in [-0.39, 0.29) is 5.41 Å². The van der Waals surface area contributed by atoms with Crippen LogP contribution in [0.25, 0.3) is 0 Å². The number of carbonyl (C=O) groups is 1. The number of hydrogen-bond donors (Lipinski definition) is 1. The molecule has 1 aliphatic heterocycles. The highest BCUT2D eigenvalue weighted by atomic mass is 16.4. The van der Waals surface area contributed by atoms with Crippen LogP contribution in [0.2, 0.25) is 0 Å². The second-order valence-corrected chi connectivity index (χ2v) is 5.58. The molecule has 3 rings (SSSR count). The summed E-state index contributed by atoms with van der Waals surface area (Å²) in [5, 5.41) is 9.05.